The molecule has 150 valence electrons. The van der Waals surface area contributed by atoms with Crippen molar-refractivity contribution in [3.63, 3.8) is 0 Å². The lowest BCUT2D eigenvalue weighted by Crippen LogP contribution is -2.42. The number of benzene rings is 1. The normalized spacial score (nSPS) is 17.4. The van der Waals surface area contributed by atoms with Crippen molar-refractivity contribution in [3.8, 4) is 11.3 Å². The third kappa shape index (κ3) is 4.46. The number of amides is 1. The van der Waals surface area contributed by atoms with Crippen LogP contribution in [0.25, 0.3) is 22.2 Å². The fourth-order valence-electron chi connectivity index (χ4n) is 4.09. The molecule has 5 nitrogen and oxygen atoms in total. The van der Waals surface area contributed by atoms with Crippen LogP contribution in [0.1, 0.15) is 42.1 Å². The van der Waals surface area contributed by atoms with Gasteiger partial charge in [0.05, 0.1) is 16.8 Å². The molecule has 1 N–H and O–H groups in total. The summed E-state index contributed by atoms with van der Waals surface area (Å²) in [6.07, 6.45) is 7.33. The second-order valence-electron chi connectivity index (χ2n) is 7.95. The summed E-state index contributed by atoms with van der Waals surface area (Å²) < 4.78 is 0. The second-order valence-corrected chi connectivity index (χ2v) is 7.95. The molecule has 1 aromatic carbocycles. The van der Waals surface area contributed by atoms with Crippen LogP contribution in [0.15, 0.2) is 48.8 Å². The Bertz CT molecular complexity index is 1000. The molecule has 2 aromatic heterocycles. The summed E-state index contributed by atoms with van der Waals surface area (Å²) >= 11 is 0. The van der Waals surface area contributed by atoms with Crippen molar-refractivity contribution < 1.29 is 4.79 Å². The van der Waals surface area contributed by atoms with E-state index >= 15 is 0 Å². The van der Waals surface area contributed by atoms with Crippen LogP contribution in [0.5, 0.6) is 0 Å². The van der Waals surface area contributed by atoms with Gasteiger partial charge in [-0.3, -0.25) is 14.7 Å². The number of pyridine rings is 2. The number of likely N-dealkylation sites (tertiary alicyclic amines) is 1. The molecular formula is C24H28N4O. The Balaban J connectivity index is 1.59. The average molecular weight is 389 g/mol. The number of hydrogen-bond acceptors (Lipinski definition) is 4. The van der Waals surface area contributed by atoms with Gasteiger partial charge in [0.1, 0.15) is 0 Å². The molecule has 3 heterocycles. The van der Waals surface area contributed by atoms with Crippen LogP contribution in [0.2, 0.25) is 0 Å². The first kappa shape index (κ1) is 19.5. The van der Waals surface area contributed by atoms with Gasteiger partial charge in [-0.05, 0) is 63.6 Å². The molecule has 4 rings (SSSR count). The molecule has 0 bridgehead atoms. The topological polar surface area (TPSA) is 58.1 Å². The van der Waals surface area contributed by atoms with Gasteiger partial charge in [-0.15, -0.1) is 0 Å². The summed E-state index contributed by atoms with van der Waals surface area (Å²) in [5, 5.41) is 4.02. The van der Waals surface area contributed by atoms with Gasteiger partial charge in [0.25, 0.3) is 5.91 Å². The van der Waals surface area contributed by atoms with Gasteiger partial charge in [-0.2, -0.15) is 0 Å². The van der Waals surface area contributed by atoms with E-state index in [4.69, 9.17) is 4.98 Å². The Labute approximate surface area is 172 Å². The highest BCUT2D eigenvalue weighted by atomic mass is 16.1. The summed E-state index contributed by atoms with van der Waals surface area (Å²) in [6, 6.07) is 12.4. The SMILES string of the molecule is Cc1ccc2nc(-c3cccnc3)cc(C(=O)NCCN3CCCCC3C)c2c1. The number of carbonyl (C=O) groups is 1. The first-order chi connectivity index (χ1) is 14.1. The fourth-order valence-corrected chi connectivity index (χ4v) is 4.09. The summed E-state index contributed by atoms with van der Waals surface area (Å²) in [5.41, 5.74) is 4.29. The van der Waals surface area contributed by atoms with E-state index in [0.717, 1.165) is 40.8 Å². The molecule has 3 aromatic rings. The maximum atomic E-state index is 13.1. The van der Waals surface area contributed by atoms with Crippen molar-refractivity contribution in [2.24, 2.45) is 0 Å². The summed E-state index contributed by atoms with van der Waals surface area (Å²) in [6.45, 7) is 6.99. The molecular weight excluding hydrogens is 360 g/mol. The number of aromatic nitrogens is 2. The smallest absolute Gasteiger partial charge is 0.252 e. The van der Waals surface area contributed by atoms with Crippen LogP contribution in [0.3, 0.4) is 0 Å². The molecule has 29 heavy (non-hydrogen) atoms. The number of hydrogen-bond donors (Lipinski definition) is 1. The highest BCUT2D eigenvalue weighted by Gasteiger charge is 2.19. The van der Waals surface area contributed by atoms with E-state index in [-0.39, 0.29) is 5.91 Å². The highest BCUT2D eigenvalue weighted by Crippen LogP contribution is 2.25. The molecule has 1 aliphatic heterocycles. The van der Waals surface area contributed by atoms with E-state index < -0.39 is 0 Å². The van der Waals surface area contributed by atoms with Gasteiger partial charge in [0.2, 0.25) is 0 Å². The molecule has 1 fully saturated rings. The van der Waals surface area contributed by atoms with E-state index in [1.54, 1.807) is 12.4 Å². The molecule has 0 spiro atoms. The Morgan fingerprint density at radius 1 is 1.24 bits per heavy atom. The number of nitrogens with one attached hydrogen (secondary N) is 1. The zero-order chi connectivity index (χ0) is 20.2. The molecule has 1 saturated heterocycles. The van der Waals surface area contributed by atoms with Gasteiger partial charge in [0.15, 0.2) is 0 Å². The Kier molecular flexibility index (Phi) is 5.86. The van der Waals surface area contributed by atoms with Crippen molar-refractivity contribution >= 4 is 16.8 Å². The number of fused-ring (bicyclic) bond motifs is 1. The van der Waals surface area contributed by atoms with Crippen LogP contribution in [0, 0.1) is 6.92 Å². The quantitative estimate of drug-likeness (QED) is 0.711. The third-order valence-corrected chi connectivity index (χ3v) is 5.79. The fraction of sp³-hybridized carbons (Fsp3) is 0.375. The molecule has 1 unspecified atom stereocenters. The average Bonchev–Trinajstić information content (AvgIpc) is 2.75. The predicted molar refractivity (Wildman–Crippen MR) is 117 cm³/mol. The summed E-state index contributed by atoms with van der Waals surface area (Å²) in [5.74, 6) is -0.0437. The maximum Gasteiger partial charge on any atom is 0.252 e. The zero-order valence-corrected chi connectivity index (χ0v) is 17.2. The van der Waals surface area contributed by atoms with E-state index in [0.29, 0.717) is 18.2 Å². The monoisotopic (exact) mass is 388 g/mol. The number of rotatable bonds is 5. The van der Waals surface area contributed by atoms with Crippen LogP contribution in [-0.4, -0.2) is 46.5 Å². The standard InChI is InChI=1S/C24H28N4O/c1-17-8-9-22-20(14-17)21(15-23(27-22)19-7-5-10-25-16-19)24(29)26-11-13-28-12-4-3-6-18(28)2/h5,7-10,14-16,18H,3-4,6,11-13H2,1-2H3,(H,26,29). The Hall–Kier alpha value is -2.79. The Morgan fingerprint density at radius 2 is 2.14 bits per heavy atom. The molecule has 1 amide bonds. The summed E-state index contributed by atoms with van der Waals surface area (Å²) in [4.78, 5) is 24.5. The van der Waals surface area contributed by atoms with Gasteiger partial charge in [-0.25, -0.2) is 4.98 Å². The predicted octanol–water partition coefficient (Wildman–Crippen LogP) is 4.21. The van der Waals surface area contributed by atoms with Crippen molar-refractivity contribution in [1.82, 2.24) is 20.2 Å². The van der Waals surface area contributed by atoms with Crippen LogP contribution < -0.4 is 5.32 Å². The molecule has 0 radical (unpaired) electrons. The van der Waals surface area contributed by atoms with Crippen LogP contribution in [-0.2, 0) is 0 Å². The van der Waals surface area contributed by atoms with Gasteiger partial charge in [-0.1, -0.05) is 18.1 Å². The van der Waals surface area contributed by atoms with Gasteiger partial charge in [0, 0.05) is 42.5 Å². The first-order valence-electron chi connectivity index (χ1n) is 10.5. The third-order valence-electron chi connectivity index (χ3n) is 5.79. The minimum atomic E-state index is -0.0437. The first-order valence-corrected chi connectivity index (χ1v) is 10.5. The highest BCUT2D eigenvalue weighted by molar-refractivity contribution is 6.07. The lowest BCUT2D eigenvalue weighted by Gasteiger charge is -2.33. The molecule has 1 atom stereocenters. The van der Waals surface area contributed by atoms with E-state index in [2.05, 4.69) is 22.1 Å². The number of piperidine rings is 1. The number of nitrogens with zero attached hydrogens (tertiary/aromatic N) is 3. The zero-order valence-electron chi connectivity index (χ0n) is 17.2. The van der Waals surface area contributed by atoms with Crippen molar-refractivity contribution in [2.45, 2.75) is 39.2 Å². The van der Waals surface area contributed by atoms with Gasteiger partial charge >= 0.3 is 0 Å². The lowest BCUT2D eigenvalue weighted by molar-refractivity contribution is 0.0940. The lowest BCUT2D eigenvalue weighted by atomic mass is 10.0. The number of carbonyl (C=O) groups excluding carboxylic acids is 1. The van der Waals surface area contributed by atoms with Crippen molar-refractivity contribution in [2.75, 3.05) is 19.6 Å². The minimum Gasteiger partial charge on any atom is -0.351 e. The Morgan fingerprint density at radius 3 is 2.93 bits per heavy atom. The van der Waals surface area contributed by atoms with E-state index in [1.807, 2.05) is 43.3 Å². The second kappa shape index (κ2) is 8.70. The minimum absolute atomic E-state index is 0.0437. The van der Waals surface area contributed by atoms with Gasteiger partial charge < -0.3 is 5.32 Å². The van der Waals surface area contributed by atoms with Crippen LogP contribution in [0.4, 0.5) is 0 Å². The van der Waals surface area contributed by atoms with Crippen molar-refractivity contribution in [1.29, 1.82) is 0 Å². The number of aryl methyl sites for hydroxylation is 1. The van der Waals surface area contributed by atoms with E-state index in [1.165, 1.54) is 19.3 Å². The molecule has 0 aliphatic carbocycles. The molecule has 0 saturated carbocycles. The van der Waals surface area contributed by atoms with E-state index in [9.17, 15) is 4.79 Å². The largest absolute Gasteiger partial charge is 0.351 e. The molecule has 5 heteroatoms. The summed E-state index contributed by atoms with van der Waals surface area (Å²) in [7, 11) is 0. The van der Waals surface area contributed by atoms with Crippen molar-refractivity contribution in [3.05, 3.63) is 59.9 Å². The van der Waals surface area contributed by atoms with Crippen LogP contribution >= 0.6 is 0 Å². The maximum absolute atomic E-state index is 13.1. The molecule has 1 aliphatic rings.